The highest BCUT2D eigenvalue weighted by Crippen LogP contribution is 2.35. The van der Waals surface area contributed by atoms with E-state index in [0.717, 1.165) is 12.1 Å². The van der Waals surface area contributed by atoms with E-state index in [-0.39, 0.29) is 23.1 Å². The molecule has 2 aliphatic rings. The van der Waals surface area contributed by atoms with Gasteiger partial charge < -0.3 is 4.74 Å². The Balaban J connectivity index is 1.40. The first kappa shape index (κ1) is 21.0. The molecule has 0 saturated carbocycles. The molecule has 5 rings (SSSR count). The van der Waals surface area contributed by atoms with Crippen LogP contribution in [0.4, 0.5) is 13.2 Å². The summed E-state index contributed by atoms with van der Waals surface area (Å²) in [6, 6.07) is 15.9. The molecule has 3 heterocycles. The zero-order valence-corrected chi connectivity index (χ0v) is 17.7. The van der Waals surface area contributed by atoms with Crippen LogP contribution in [-0.4, -0.2) is 32.2 Å². The standard InChI is InChI=1S/C21H19F3N6OS/c1-12-18(14-7-9-15(10-8-14)31-21(22,23)24)29-30-19(27-28-20(30)32-12)17-11-16(25-26-17)13-5-3-2-4-6-13/h2-10,12,16-17,25-26H,11H2,1H3. The lowest BCUT2D eigenvalue weighted by atomic mass is 10.0. The molecule has 3 unspecified atom stereocenters. The van der Waals surface area contributed by atoms with Gasteiger partial charge in [0.25, 0.3) is 0 Å². The van der Waals surface area contributed by atoms with Crippen LogP contribution in [0.5, 0.6) is 5.75 Å². The second-order valence-electron chi connectivity index (χ2n) is 7.51. The van der Waals surface area contributed by atoms with Crippen molar-refractivity contribution in [2.45, 2.75) is 42.2 Å². The van der Waals surface area contributed by atoms with E-state index in [1.165, 1.54) is 29.5 Å². The predicted octanol–water partition coefficient (Wildman–Crippen LogP) is 4.20. The van der Waals surface area contributed by atoms with Gasteiger partial charge in [0.05, 0.1) is 17.0 Å². The molecule has 0 radical (unpaired) electrons. The van der Waals surface area contributed by atoms with Crippen molar-refractivity contribution >= 4 is 17.5 Å². The maximum atomic E-state index is 12.4. The third-order valence-electron chi connectivity index (χ3n) is 5.31. The van der Waals surface area contributed by atoms with Gasteiger partial charge in [0, 0.05) is 6.04 Å². The summed E-state index contributed by atoms with van der Waals surface area (Å²) < 4.78 is 43.0. The molecule has 0 bridgehead atoms. The minimum absolute atomic E-state index is 0.0411. The molecule has 3 atom stereocenters. The number of hydrogen-bond donors (Lipinski definition) is 2. The number of rotatable bonds is 4. The van der Waals surface area contributed by atoms with Crippen LogP contribution in [0.2, 0.25) is 0 Å². The van der Waals surface area contributed by atoms with Crippen molar-refractivity contribution in [1.82, 2.24) is 25.7 Å². The van der Waals surface area contributed by atoms with Crippen LogP contribution in [0, 0.1) is 0 Å². The number of benzene rings is 2. The van der Waals surface area contributed by atoms with E-state index in [0.29, 0.717) is 16.5 Å². The van der Waals surface area contributed by atoms with Crippen molar-refractivity contribution in [3.63, 3.8) is 0 Å². The second kappa shape index (κ2) is 8.23. The van der Waals surface area contributed by atoms with Crippen LogP contribution in [0.1, 0.15) is 42.4 Å². The number of hydrazine groups is 1. The zero-order chi connectivity index (χ0) is 22.3. The van der Waals surface area contributed by atoms with Crippen molar-refractivity contribution in [3.8, 4) is 5.75 Å². The number of aromatic nitrogens is 3. The lowest BCUT2D eigenvalue weighted by Crippen LogP contribution is -2.28. The van der Waals surface area contributed by atoms with Crippen LogP contribution in [0.15, 0.2) is 64.9 Å². The van der Waals surface area contributed by atoms with Gasteiger partial charge in [0.15, 0.2) is 5.82 Å². The third kappa shape index (κ3) is 4.23. The number of halogens is 3. The number of thioether (sulfide) groups is 1. The van der Waals surface area contributed by atoms with Crippen molar-refractivity contribution in [2.24, 2.45) is 5.10 Å². The summed E-state index contributed by atoms with van der Waals surface area (Å²) in [4.78, 5) is 0. The summed E-state index contributed by atoms with van der Waals surface area (Å²) in [5, 5.41) is 14.0. The smallest absolute Gasteiger partial charge is 0.406 e. The molecular formula is C21H19F3N6OS. The van der Waals surface area contributed by atoms with Crippen molar-refractivity contribution < 1.29 is 17.9 Å². The van der Waals surface area contributed by atoms with Crippen LogP contribution in [0.25, 0.3) is 0 Å². The lowest BCUT2D eigenvalue weighted by molar-refractivity contribution is -0.274. The van der Waals surface area contributed by atoms with Crippen LogP contribution >= 0.6 is 11.8 Å². The highest BCUT2D eigenvalue weighted by Gasteiger charge is 2.34. The van der Waals surface area contributed by atoms with Gasteiger partial charge in [-0.2, -0.15) is 9.78 Å². The fourth-order valence-corrected chi connectivity index (χ4v) is 4.75. The van der Waals surface area contributed by atoms with Crippen LogP contribution < -0.4 is 15.6 Å². The predicted molar refractivity (Wildman–Crippen MR) is 113 cm³/mol. The van der Waals surface area contributed by atoms with E-state index in [1.54, 1.807) is 16.8 Å². The summed E-state index contributed by atoms with van der Waals surface area (Å²) in [5.74, 6) is 0.414. The Morgan fingerprint density at radius 2 is 1.72 bits per heavy atom. The normalized spacial score (nSPS) is 23.0. The average molecular weight is 460 g/mol. The fraction of sp³-hybridized carbons (Fsp3) is 0.286. The minimum atomic E-state index is -4.72. The molecule has 0 aliphatic carbocycles. The SMILES string of the molecule is CC1Sc2nnc(C3CC(c4ccccc4)NN3)n2N=C1c1ccc(OC(F)(F)F)cc1. The first-order chi connectivity index (χ1) is 15.4. The van der Waals surface area contributed by atoms with Crippen LogP contribution in [-0.2, 0) is 0 Å². The van der Waals surface area contributed by atoms with E-state index in [1.807, 2.05) is 25.1 Å². The summed E-state index contributed by atoms with van der Waals surface area (Å²) in [5.41, 5.74) is 9.20. The molecule has 3 aromatic rings. The molecule has 32 heavy (non-hydrogen) atoms. The monoisotopic (exact) mass is 460 g/mol. The largest absolute Gasteiger partial charge is 0.573 e. The maximum absolute atomic E-state index is 12.4. The number of nitrogens with one attached hydrogen (secondary N) is 2. The molecule has 1 fully saturated rings. The molecular weight excluding hydrogens is 441 g/mol. The van der Waals surface area contributed by atoms with Gasteiger partial charge >= 0.3 is 6.36 Å². The maximum Gasteiger partial charge on any atom is 0.573 e. The highest BCUT2D eigenvalue weighted by molar-refractivity contribution is 8.00. The summed E-state index contributed by atoms with van der Waals surface area (Å²) in [6.07, 6.45) is -3.95. The average Bonchev–Trinajstić information content (AvgIpc) is 3.40. The fourth-order valence-electron chi connectivity index (χ4n) is 3.81. The summed E-state index contributed by atoms with van der Waals surface area (Å²) in [6.45, 7) is 1.97. The molecule has 1 aromatic heterocycles. The van der Waals surface area contributed by atoms with Crippen molar-refractivity contribution in [3.05, 3.63) is 71.5 Å². The molecule has 0 spiro atoms. The third-order valence-corrected chi connectivity index (χ3v) is 6.35. The Labute approximate surface area is 186 Å². The summed E-state index contributed by atoms with van der Waals surface area (Å²) >= 11 is 1.50. The Morgan fingerprint density at radius 1 is 1.00 bits per heavy atom. The molecule has 166 valence electrons. The second-order valence-corrected chi connectivity index (χ2v) is 8.82. The molecule has 2 aromatic carbocycles. The molecule has 1 saturated heterocycles. The van der Waals surface area contributed by atoms with Gasteiger partial charge in [0.1, 0.15) is 5.75 Å². The van der Waals surface area contributed by atoms with Crippen LogP contribution in [0.3, 0.4) is 0 Å². The van der Waals surface area contributed by atoms with E-state index >= 15 is 0 Å². The van der Waals surface area contributed by atoms with Gasteiger partial charge in [-0.1, -0.05) is 42.1 Å². The molecule has 0 amide bonds. The Kier molecular flexibility index (Phi) is 5.39. The first-order valence-electron chi connectivity index (χ1n) is 10.0. The van der Waals surface area contributed by atoms with E-state index in [4.69, 9.17) is 5.10 Å². The number of nitrogens with zero attached hydrogens (tertiary/aromatic N) is 4. The molecule has 2 aliphatic heterocycles. The van der Waals surface area contributed by atoms with E-state index < -0.39 is 6.36 Å². The summed E-state index contributed by atoms with van der Waals surface area (Å²) in [7, 11) is 0. The zero-order valence-electron chi connectivity index (χ0n) is 16.9. The number of fused-ring (bicyclic) bond motifs is 1. The van der Waals surface area contributed by atoms with Crippen molar-refractivity contribution in [1.29, 1.82) is 0 Å². The Hall–Kier alpha value is -2.89. The lowest BCUT2D eigenvalue weighted by Gasteiger charge is -2.21. The van der Waals surface area contributed by atoms with Gasteiger partial charge in [-0.3, -0.25) is 0 Å². The van der Waals surface area contributed by atoms with Gasteiger partial charge in [-0.05, 0) is 48.7 Å². The van der Waals surface area contributed by atoms with Crippen molar-refractivity contribution in [2.75, 3.05) is 0 Å². The number of hydrogen-bond acceptors (Lipinski definition) is 7. The first-order valence-corrected chi connectivity index (χ1v) is 10.9. The minimum Gasteiger partial charge on any atom is -0.406 e. The molecule has 7 nitrogen and oxygen atoms in total. The molecule has 2 N–H and O–H groups in total. The van der Waals surface area contributed by atoms with Gasteiger partial charge in [0.2, 0.25) is 5.16 Å². The molecule has 11 heteroatoms. The highest BCUT2D eigenvalue weighted by atomic mass is 32.2. The van der Waals surface area contributed by atoms with Gasteiger partial charge in [-0.15, -0.1) is 23.4 Å². The Bertz CT molecular complexity index is 1130. The van der Waals surface area contributed by atoms with E-state index in [9.17, 15) is 13.2 Å². The topological polar surface area (TPSA) is 76.4 Å². The van der Waals surface area contributed by atoms with E-state index in [2.05, 4.69) is 37.9 Å². The van der Waals surface area contributed by atoms with Gasteiger partial charge in [-0.25, -0.2) is 10.9 Å². The quantitative estimate of drug-likeness (QED) is 0.608. The number of alkyl halides is 3. The number of ether oxygens (including phenoxy) is 1. The Morgan fingerprint density at radius 3 is 2.44 bits per heavy atom.